The largest absolute Gasteiger partial charge is 0.481 e. The first-order valence-corrected chi connectivity index (χ1v) is 9.65. The van der Waals surface area contributed by atoms with Gasteiger partial charge in [0.15, 0.2) is 0 Å². The van der Waals surface area contributed by atoms with E-state index in [0.29, 0.717) is 56.7 Å². The molecule has 0 aliphatic heterocycles. The van der Waals surface area contributed by atoms with E-state index in [1.54, 1.807) is 35.8 Å². The summed E-state index contributed by atoms with van der Waals surface area (Å²) in [5.41, 5.74) is 0. The number of aliphatic carboxylic acids is 3. The van der Waals surface area contributed by atoms with Crippen LogP contribution in [0, 0.1) is 0 Å². The zero-order chi connectivity index (χ0) is 22.7. The molecular weight excluding hydrogens is 396 g/mol. The summed E-state index contributed by atoms with van der Waals surface area (Å²) in [6, 6.07) is 0. The van der Waals surface area contributed by atoms with Crippen LogP contribution in [0.15, 0.2) is 0 Å². The molecule has 0 amide bonds. The molecule has 0 aromatic carbocycles. The minimum Gasteiger partial charge on any atom is -0.481 e. The molecule has 3 N–H and O–H groups in total. The average Bonchev–Trinajstić information content (AvgIpc) is 2.66. The van der Waals surface area contributed by atoms with E-state index in [9.17, 15) is 14.4 Å². The smallest absolute Gasteiger partial charge is 0.303 e. The predicted octanol–water partition coefficient (Wildman–Crippen LogP) is 0.775. The summed E-state index contributed by atoms with van der Waals surface area (Å²) in [4.78, 5) is 50.7. The molecule has 0 bridgehead atoms. The van der Waals surface area contributed by atoms with Gasteiger partial charge in [-0.25, -0.2) is 0 Å². The van der Waals surface area contributed by atoms with E-state index < -0.39 is 17.9 Å². The number of hydrogen-bond acceptors (Lipinski definition) is 9. The van der Waals surface area contributed by atoms with Gasteiger partial charge >= 0.3 is 17.9 Å². The molecule has 1 heterocycles. The lowest BCUT2D eigenvalue weighted by molar-refractivity contribution is -0.138. The van der Waals surface area contributed by atoms with Gasteiger partial charge in [-0.15, -0.1) is 0 Å². The SMILES string of the molecule is CN(CCCC(=O)O)c1nc(N(C)CCCC(=O)O)nc(N(C)CCCC(=O)O)n1. The van der Waals surface area contributed by atoms with Gasteiger partial charge in [-0.05, 0) is 19.3 Å². The van der Waals surface area contributed by atoms with E-state index in [0.717, 1.165) is 0 Å². The van der Waals surface area contributed by atoms with Crippen molar-refractivity contribution >= 4 is 35.8 Å². The number of aromatic nitrogens is 3. The minimum atomic E-state index is -0.878. The second-order valence-corrected chi connectivity index (χ2v) is 6.99. The first kappa shape index (κ1) is 24.9. The van der Waals surface area contributed by atoms with Crippen LogP contribution in [0.2, 0.25) is 0 Å². The van der Waals surface area contributed by atoms with Gasteiger partial charge in [0.2, 0.25) is 17.8 Å². The Balaban J connectivity index is 2.99. The Morgan fingerprint density at radius 2 is 0.833 bits per heavy atom. The van der Waals surface area contributed by atoms with Crippen LogP contribution in [-0.4, -0.2) is 89.0 Å². The Kier molecular flexibility index (Phi) is 10.3. The maximum Gasteiger partial charge on any atom is 0.303 e. The fraction of sp³-hybridized carbons (Fsp3) is 0.667. The Labute approximate surface area is 175 Å². The molecule has 12 nitrogen and oxygen atoms in total. The molecule has 12 heteroatoms. The molecule has 30 heavy (non-hydrogen) atoms. The number of hydrogen-bond donors (Lipinski definition) is 3. The number of nitrogens with zero attached hydrogens (tertiary/aromatic N) is 6. The summed E-state index contributed by atoms with van der Waals surface area (Å²) in [7, 11) is 5.25. The quantitative estimate of drug-likeness (QED) is 0.362. The fourth-order valence-corrected chi connectivity index (χ4v) is 2.56. The van der Waals surface area contributed by atoms with Gasteiger partial charge in [0.05, 0.1) is 0 Å². The van der Waals surface area contributed by atoms with Crippen LogP contribution < -0.4 is 14.7 Å². The van der Waals surface area contributed by atoms with Gasteiger partial charge in [0.25, 0.3) is 0 Å². The van der Waals surface area contributed by atoms with Crippen molar-refractivity contribution in [1.29, 1.82) is 0 Å². The van der Waals surface area contributed by atoms with Crippen LogP contribution in [0.5, 0.6) is 0 Å². The van der Waals surface area contributed by atoms with Gasteiger partial charge in [-0.3, -0.25) is 14.4 Å². The molecule has 0 fully saturated rings. The zero-order valence-corrected chi connectivity index (χ0v) is 17.6. The average molecular weight is 426 g/mol. The summed E-state index contributed by atoms with van der Waals surface area (Å²) in [6.45, 7) is 1.29. The highest BCUT2D eigenvalue weighted by atomic mass is 16.4. The zero-order valence-electron chi connectivity index (χ0n) is 17.6. The van der Waals surface area contributed by atoms with E-state index in [1.807, 2.05) is 0 Å². The highest BCUT2D eigenvalue weighted by Crippen LogP contribution is 2.18. The second kappa shape index (κ2) is 12.4. The van der Waals surface area contributed by atoms with Crippen molar-refractivity contribution in [2.24, 2.45) is 0 Å². The molecule has 0 aliphatic rings. The third-order valence-electron chi connectivity index (χ3n) is 4.28. The molecular formula is C18H30N6O6. The summed E-state index contributed by atoms with van der Waals surface area (Å²) in [5.74, 6) is -1.56. The minimum absolute atomic E-state index is 0.0271. The lowest BCUT2D eigenvalue weighted by atomic mass is 10.3. The van der Waals surface area contributed by atoms with Crippen molar-refractivity contribution < 1.29 is 29.7 Å². The van der Waals surface area contributed by atoms with Crippen molar-refractivity contribution in [3.8, 4) is 0 Å². The Morgan fingerprint density at radius 3 is 1.03 bits per heavy atom. The van der Waals surface area contributed by atoms with E-state index in [2.05, 4.69) is 15.0 Å². The van der Waals surface area contributed by atoms with E-state index in [-0.39, 0.29) is 19.3 Å². The van der Waals surface area contributed by atoms with Gasteiger partial charge in [-0.2, -0.15) is 15.0 Å². The summed E-state index contributed by atoms with van der Waals surface area (Å²) >= 11 is 0. The summed E-state index contributed by atoms with van der Waals surface area (Å²) in [5, 5.41) is 26.5. The van der Waals surface area contributed by atoms with Crippen LogP contribution >= 0.6 is 0 Å². The number of rotatable bonds is 15. The molecule has 0 saturated carbocycles. The maximum absolute atomic E-state index is 10.7. The van der Waals surface area contributed by atoms with E-state index >= 15 is 0 Å². The van der Waals surface area contributed by atoms with Crippen LogP contribution in [0.3, 0.4) is 0 Å². The maximum atomic E-state index is 10.7. The fourth-order valence-electron chi connectivity index (χ4n) is 2.56. The number of carboxylic acid groups (broad SMARTS) is 3. The Morgan fingerprint density at radius 1 is 0.600 bits per heavy atom. The third-order valence-corrected chi connectivity index (χ3v) is 4.28. The number of carbonyl (C=O) groups is 3. The third kappa shape index (κ3) is 9.34. The van der Waals surface area contributed by atoms with Crippen LogP contribution in [0.25, 0.3) is 0 Å². The first-order valence-electron chi connectivity index (χ1n) is 9.65. The van der Waals surface area contributed by atoms with Crippen molar-refractivity contribution in [2.75, 3.05) is 55.5 Å². The van der Waals surface area contributed by atoms with Crippen molar-refractivity contribution in [2.45, 2.75) is 38.5 Å². The summed E-state index contributed by atoms with van der Waals surface area (Å²) in [6.07, 6.45) is 1.35. The molecule has 0 saturated heterocycles. The van der Waals surface area contributed by atoms with E-state index in [1.165, 1.54) is 0 Å². The number of anilines is 3. The Bertz CT molecular complexity index is 624. The molecule has 1 aromatic heterocycles. The molecule has 0 unspecified atom stereocenters. The monoisotopic (exact) mass is 426 g/mol. The van der Waals surface area contributed by atoms with Crippen molar-refractivity contribution in [3.63, 3.8) is 0 Å². The topological polar surface area (TPSA) is 160 Å². The Hall–Kier alpha value is -3.18. The standard InChI is InChI=1S/C18H30N6O6/c1-22(10-4-7-13(25)26)16-19-17(23(2)11-5-8-14(27)28)21-18(20-16)24(3)12-6-9-15(29)30/h4-12H2,1-3H3,(H,25,26)(H,27,28)(H,29,30). The lowest BCUT2D eigenvalue weighted by Gasteiger charge is -2.24. The molecule has 0 aliphatic carbocycles. The molecule has 1 rings (SSSR count). The van der Waals surface area contributed by atoms with Crippen LogP contribution in [-0.2, 0) is 14.4 Å². The number of carboxylic acids is 3. The van der Waals surface area contributed by atoms with Crippen molar-refractivity contribution in [1.82, 2.24) is 15.0 Å². The van der Waals surface area contributed by atoms with Gasteiger partial charge in [-0.1, -0.05) is 0 Å². The molecule has 0 spiro atoms. The van der Waals surface area contributed by atoms with Crippen LogP contribution in [0.4, 0.5) is 17.8 Å². The van der Waals surface area contributed by atoms with Gasteiger partial charge in [0, 0.05) is 60.0 Å². The molecule has 0 radical (unpaired) electrons. The van der Waals surface area contributed by atoms with Crippen LogP contribution in [0.1, 0.15) is 38.5 Å². The highest BCUT2D eigenvalue weighted by molar-refractivity contribution is 5.67. The second-order valence-electron chi connectivity index (χ2n) is 6.99. The first-order chi connectivity index (χ1) is 14.1. The van der Waals surface area contributed by atoms with Gasteiger partial charge < -0.3 is 30.0 Å². The predicted molar refractivity (Wildman–Crippen MR) is 110 cm³/mol. The molecule has 0 atom stereocenters. The lowest BCUT2D eigenvalue weighted by Crippen LogP contribution is -2.29. The molecule has 1 aromatic rings. The van der Waals surface area contributed by atoms with Crippen molar-refractivity contribution in [3.05, 3.63) is 0 Å². The highest BCUT2D eigenvalue weighted by Gasteiger charge is 2.16. The molecule has 168 valence electrons. The van der Waals surface area contributed by atoms with E-state index in [4.69, 9.17) is 15.3 Å². The summed E-state index contributed by atoms with van der Waals surface area (Å²) < 4.78 is 0. The van der Waals surface area contributed by atoms with Gasteiger partial charge in [0.1, 0.15) is 0 Å². The normalized spacial score (nSPS) is 10.5.